The van der Waals surface area contributed by atoms with E-state index in [0.29, 0.717) is 23.7 Å². The Bertz CT molecular complexity index is 1490. The second kappa shape index (κ2) is 12.0. The number of halogens is 4. The molecule has 1 aromatic heterocycles. The molecule has 1 fully saturated rings. The maximum absolute atomic E-state index is 16.7. The van der Waals surface area contributed by atoms with E-state index in [1.54, 1.807) is 31.2 Å². The van der Waals surface area contributed by atoms with Crippen LogP contribution in [0.3, 0.4) is 0 Å². The monoisotopic (exact) mass is 634 g/mol. The van der Waals surface area contributed by atoms with Crippen LogP contribution in [0.25, 0.3) is 0 Å². The summed E-state index contributed by atoms with van der Waals surface area (Å²) in [6, 6.07) is 8.83. The van der Waals surface area contributed by atoms with Gasteiger partial charge >= 0.3 is 0 Å². The molecule has 0 bridgehead atoms. The number of benzene rings is 2. The quantitative estimate of drug-likeness (QED) is 0.333. The zero-order valence-corrected chi connectivity index (χ0v) is 25.7. The van der Waals surface area contributed by atoms with Crippen molar-refractivity contribution in [2.45, 2.75) is 62.8 Å². The first-order valence-corrected chi connectivity index (χ1v) is 14.9. The molecule has 43 heavy (non-hydrogen) atoms. The van der Waals surface area contributed by atoms with Crippen molar-refractivity contribution < 1.29 is 28.5 Å². The largest absolute Gasteiger partial charge is 0.391 e. The molecule has 2 aromatic carbocycles. The van der Waals surface area contributed by atoms with Gasteiger partial charge in [0.25, 0.3) is 5.91 Å². The van der Waals surface area contributed by atoms with Crippen molar-refractivity contribution in [3.63, 3.8) is 0 Å². The number of alkyl halides is 1. The standard InChI is InChI=1S/C31H34Cl2F2N4O4/c1-4-30(42,29(35)9-11-38(3)12-10-29)21-13-24-27(25(34)14-21)31(43-18-19(2)40,20-5-7-22(32)8-6-20)39(28(24)41)17-26-36-15-23(33)16-37-26/h5-8,13-16,19,40,42H,4,9-12,17-18H2,1-3H3/t19-,30?,31-/m1/s1. The molecule has 2 aliphatic heterocycles. The molecule has 1 amide bonds. The number of aliphatic hydroxyl groups excluding tert-OH is 1. The highest BCUT2D eigenvalue weighted by Crippen LogP contribution is 2.51. The van der Waals surface area contributed by atoms with E-state index in [1.807, 2.05) is 11.9 Å². The molecule has 1 unspecified atom stereocenters. The summed E-state index contributed by atoms with van der Waals surface area (Å²) in [5, 5.41) is 22.8. The van der Waals surface area contributed by atoms with Gasteiger partial charge in [-0.2, -0.15) is 0 Å². The number of ether oxygens (including phenoxy) is 1. The number of hydrogen-bond acceptors (Lipinski definition) is 7. The number of carbonyl (C=O) groups excluding carboxylic acids is 1. The third kappa shape index (κ3) is 5.54. The normalized spacial score (nSPS) is 22.3. The minimum atomic E-state index is -2.06. The SMILES string of the molecule is CCC(O)(c1cc(F)c2c(c1)C(=O)N(Cc1ncc(Cl)cn1)[C@@]2(OC[C@@H](C)O)c1ccc(Cl)cc1)C1(F)CCN(C)CC1. The predicted octanol–water partition coefficient (Wildman–Crippen LogP) is 5.21. The van der Waals surface area contributed by atoms with Crippen LogP contribution >= 0.6 is 23.2 Å². The highest BCUT2D eigenvalue weighted by molar-refractivity contribution is 6.30. The molecule has 0 saturated carbocycles. The first-order chi connectivity index (χ1) is 20.3. The molecule has 3 atom stereocenters. The van der Waals surface area contributed by atoms with E-state index in [1.165, 1.54) is 30.3 Å². The zero-order chi connectivity index (χ0) is 31.2. The lowest BCUT2D eigenvalue weighted by atomic mass is 9.71. The zero-order valence-electron chi connectivity index (χ0n) is 24.2. The Morgan fingerprint density at radius 2 is 1.74 bits per heavy atom. The molecule has 2 N–H and O–H groups in total. The summed E-state index contributed by atoms with van der Waals surface area (Å²) in [6.07, 6.45) is 1.84. The average Bonchev–Trinajstić information content (AvgIpc) is 3.22. The van der Waals surface area contributed by atoms with Crippen LogP contribution in [-0.2, 0) is 22.6 Å². The van der Waals surface area contributed by atoms with E-state index in [0.717, 1.165) is 6.07 Å². The van der Waals surface area contributed by atoms with Crippen LogP contribution in [0.5, 0.6) is 0 Å². The number of aliphatic hydroxyl groups is 2. The molecular weight excluding hydrogens is 601 g/mol. The van der Waals surface area contributed by atoms with E-state index >= 15 is 8.78 Å². The molecule has 12 heteroatoms. The molecule has 0 radical (unpaired) electrons. The van der Waals surface area contributed by atoms with E-state index in [-0.39, 0.29) is 60.0 Å². The van der Waals surface area contributed by atoms with Gasteiger partial charge in [-0.1, -0.05) is 42.3 Å². The highest BCUT2D eigenvalue weighted by atomic mass is 35.5. The maximum Gasteiger partial charge on any atom is 0.257 e. The predicted molar refractivity (Wildman–Crippen MR) is 158 cm³/mol. The highest BCUT2D eigenvalue weighted by Gasteiger charge is 2.57. The molecule has 8 nitrogen and oxygen atoms in total. The fourth-order valence-corrected chi connectivity index (χ4v) is 6.37. The number of aromatic nitrogens is 2. The second-order valence-electron chi connectivity index (χ2n) is 11.4. The molecule has 1 saturated heterocycles. The van der Waals surface area contributed by atoms with Crippen molar-refractivity contribution >= 4 is 29.1 Å². The summed E-state index contributed by atoms with van der Waals surface area (Å²) in [5.74, 6) is -1.32. The molecule has 230 valence electrons. The number of carbonyl (C=O) groups is 1. The third-order valence-electron chi connectivity index (χ3n) is 8.54. The van der Waals surface area contributed by atoms with Gasteiger partial charge in [0.1, 0.15) is 22.9 Å². The number of amides is 1. The van der Waals surface area contributed by atoms with Crippen molar-refractivity contribution in [3.8, 4) is 0 Å². The van der Waals surface area contributed by atoms with Crippen molar-refractivity contribution in [2.24, 2.45) is 0 Å². The van der Waals surface area contributed by atoms with Crippen LogP contribution in [-0.4, -0.2) is 74.4 Å². The number of rotatable bonds is 9. The van der Waals surface area contributed by atoms with E-state index in [4.69, 9.17) is 27.9 Å². The lowest BCUT2D eigenvalue weighted by Gasteiger charge is -2.46. The van der Waals surface area contributed by atoms with Crippen molar-refractivity contribution in [3.05, 3.63) is 92.7 Å². The van der Waals surface area contributed by atoms with Gasteiger partial charge in [-0.05, 0) is 63.1 Å². The Hall–Kier alpha value is -2.73. The molecule has 5 rings (SSSR count). The molecule has 0 spiro atoms. The lowest BCUT2D eigenvalue weighted by molar-refractivity contribution is -0.137. The molecule has 2 aliphatic rings. The number of piperidine rings is 1. The number of nitrogens with zero attached hydrogens (tertiary/aromatic N) is 4. The van der Waals surface area contributed by atoms with Crippen LogP contribution in [0.2, 0.25) is 10.0 Å². The van der Waals surface area contributed by atoms with E-state index in [9.17, 15) is 15.0 Å². The number of fused-ring (bicyclic) bond motifs is 1. The number of likely N-dealkylation sites (tertiary alicyclic amines) is 1. The summed E-state index contributed by atoms with van der Waals surface area (Å²) in [6.45, 7) is 3.50. The minimum absolute atomic E-state index is 0.0308. The van der Waals surface area contributed by atoms with Gasteiger partial charge in [0, 0.05) is 36.1 Å². The van der Waals surface area contributed by atoms with E-state index in [2.05, 4.69) is 9.97 Å². The Labute approximate surface area is 259 Å². The summed E-state index contributed by atoms with van der Waals surface area (Å²) in [7, 11) is 1.88. The van der Waals surface area contributed by atoms with Crippen molar-refractivity contribution in [1.82, 2.24) is 19.8 Å². The van der Waals surface area contributed by atoms with Gasteiger partial charge in [-0.15, -0.1) is 0 Å². The Kier molecular flexibility index (Phi) is 8.83. The second-order valence-corrected chi connectivity index (χ2v) is 12.3. The van der Waals surface area contributed by atoms with Crippen LogP contribution in [0.1, 0.15) is 66.0 Å². The molecular formula is C31H34Cl2F2N4O4. The van der Waals surface area contributed by atoms with Crippen molar-refractivity contribution in [2.75, 3.05) is 26.7 Å². The topological polar surface area (TPSA) is 99.0 Å². The van der Waals surface area contributed by atoms with Crippen molar-refractivity contribution in [1.29, 1.82) is 0 Å². The summed E-state index contributed by atoms with van der Waals surface area (Å²) in [5.41, 5.74) is -5.89. The van der Waals surface area contributed by atoms with Gasteiger partial charge in [0.2, 0.25) is 0 Å². The maximum atomic E-state index is 16.7. The van der Waals surface area contributed by atoms with Crippen LogP contribution < -0.4 is 0 Å². The summed E-state index contributed by atoms with van der Waals surface area (Å²) < 4.78 is 39.5. The molecule has 3 heterocycles. The first kappa shape index (κ1) is 31.7. The van der Waals surface area contributed by atoms with Gasteiger partial charge in [0.05, 0.1) is 35.4 Å². The van der Waals surface area contributed by atoms with Gasteiger partial charge in [0.15, 0.2) is 5.72 Å². The average molecular weight is 636 g/mol. The summed E-state index contributed by atoms with van der Waals surface area (Å²) in [4.78, 5) is 26.0. The van der Waals surface area contributed by atoms with Gasteiger partial charge in [-0.3, -0.25) is 9.69 Å². The van der Waals surface area contributed by atoms with Crippen LogP contribution in [0, 0.1) is 5.82 Å². The first-order valence-electron chi connectivity index (χ1n) is 14.2. The smallest absolute Gasteiger partial charge is 0.257 e. The molecule has 3 aromatic rings. The minimum Gasteiger partial charge on any atom is -0.391 e. The Morgan fingerprint density at radius 3 is 2.33 bits per heavy atom. The summed E-state index contributed by atoms with van der Waals surface area (Å²) >= 11 is 12.2. The number of hydrogen-bond donors (Lipinski definition) is 2. The Morgan fingerprint density at radius 1 is 1.12 bits per heavy atom. The molecule has 0 aliphatic carbocycles. The van der Waals surface area contributed by atoms with Crippen LogP contribution in [0.4, 0.5) is 8.78 Å². The Balaban J connectivity index is 1.73. The van der Waals surface area contributed by atoms with Crippen LogP contribution in [0.15, 0.2) is 48.8 Å². The van der Waals surface area contributed by atoms with Gasteiger partial charge < -0.3 is 19.8 Å². The van der Waals surface area contributed by atoms with Gasteiger partial charge in [-0.25, -0.2) is 18.7 Å². The van der Waals surface area contributed by atoms with E-state index < -0.39 is 34.8 Å². The lowest BCUT2D eigenvalue weighted by Crippen LogP contribution is -2.54. The third-order valence-corrected chi connectivity index (χ3v) is 8.98. The fraction of sp³-hybridized carbons (Fsp3) is 0.452. The fourth-order valence-electron chi connectivity index (χ4n) is 6.14.